The smallest absolute Gasteiger partial charge is 0.257 e. The van der Waals surface area contributed by atoms with Crippen molar-refractivity contribution in [2.24, 2.45) is 0 Å². The molecule has 0 bridgehead atoms. The van der Waals surface area contributed by atoms with Crippen LogP contribution in [0.3, 0.4) is 0 Å². The van der Waals surface area contributed by atoms with Gasteiger partial charge >= 0.3 is 0 Å². The van der Waals surface area contributed by atoms with Gasteiger partial charge in [0.15, 0.2) is 0 Å². The third kappa shape index (κ3) is 2.79. The molecule has 5 heteroatoms. The summed E-state index contributed by atoms with van der Waals surface area (Å²) in [6, 6.07) is 8.96. The summed E-state index contributed by atoms with van der Waals surface area (Å²) in [5.74, 6) is -0.915. The molecule has 0 atom stereocenters. The molecule has 1 amide bonds. The summed E-state index contributed by atoms with van der Waals surface area (Å²) in [5.41, 5.74) is 0.449. The Kier molecular flexibility index (Phi) is 3.35. The number of anilines is 1. The second-order valence-electron chi connectivity index (χ2n) is 3.30. The average molecular weight is 251 g/mol. The van der Waals surface area contributed by atoms with E-state index in [1.807, 2.05) is 0 Å². The molecule has 0 spiro atoms. The average Bonchev–Trinajstić information content (AvgIpc) is 2.33. The van der Waals surface area contributed by atoms with E-state index in [0.29, 0.717) is 10.7 Å². The molecule has 1 aromatic heterocycles. The fraction of sp³-hybridized carbons (Fsp3) is 0. The van der Waals surface area contributed by atoms with Crippen molar-refractivity contribution in [2.75, 3.05) is 5.32 Å². The van der Waals surface area contributed by atoms with Crippen LogP contribution in [0, 0.1) is 5.82 Å². The van der Waals surface area contributed by atoms with Crippen LogP contribution in [0.2, 0.25) is 5.15 Å². The van der Waals surface area contributed by atoms with Gasteiger partial charge < -0.3 is 5.32 Å². The molecule has 0 saturated carbocycles. The number of amides is 1. The summed E-state index contributed by atoms with van der Waals surface area (Å²) >= 11 is 5.60. The molecule has 0 aliphatic rings. The van der Waals surface area contributed by atoms with Crippen molar-refractivity contribution >= 4 is 23.2 Å². The number of aromatic nitrogens is 1. The maximum atomic E-state index is 13.3. The number of hydrogen-bond donors (Lipinski definition) is 1. The number of carbonyl (C=O) groups excluding carboxylic acids is 1. The minimum Gasteiger partial charge on any atom is -0.319 e. The first-order valence-electron chi connectivity index (χ1n) is 4.84. The van der Waals surface area contributed by atoms with Crippen LogP contribution >= 0.6 is 11.6 Å². The fourth-order valence-electron chi connectivity index (χ4n) is 1.27. The highest BCUT2D eigenvalue weighted by Gasteiger charge is 2.08. The quantitative estimate of drug-likeness (QED) is 0.832. The van der Waals surface area contributed by atoms with Gasteiger partial charge in [0, 0.05) is 6.20 Å². The van der Waals surface area contributed by atoms with Crippen molar-refractivity contribution in [3.63, 3.8) is 0 Å². The first kappa shape index (κ1) is 11.5. The third-order valence-electron chi connectivity index (χ3n) is 2.11. The topological polar surface area (TPSA) is 42.0 Å². The van der Waals surface area contributed by atoms with Gasteiger partial charge in [-0.05, 0) is 24.3 Å². The fourth-order valence-corrected chi connectivity index (χ4v) is 1.38. The van der Waals surface area contributed by atoms with Crippen molar-refractivity contribution in [3.8, 4) is 0 Å². The number of carbonyl (C=O) groups is 1. The summed E-state index contributed by atoms with van der Waals surface area (Å²) in [5, 5.41) is 2.75. The third-order valence-corrected chi connectivity index (χ3v) is 2.34. The Labute approximate surface area is 102 Å². The number of halogens is 2. The standard InChI is InChI=1S/C12H8ClFN2O/c13-11-6-5-8(7-15-11)12(17)16-10-4-2-1-3-9(10)14/h1-7H,(H,16,17). The largest absolute Gasteiger partial charge is 0.319 e. The Hall–Kier alpha value is -1.94. The summed E-state index contributed by atoms with van der Waals surface area (Å²) in [6.07, 6.45) is 1.33. The number of nitrogens with one attached hydrogen (secondary N) is 1. The molecular weight excluding hydrogens is 243 g/mol. The van der Waals surface area contributed by atoms with E-state index < -0.39 is 11.7 Å². The zero-order valence-corrected chi connectivity index (χ0v) is 9.41. The molecule has 2 aromatic rings. The molecule has 0 fully saturated rings. The van der Waals surface area contributed by atoms with Crippen molar-refractivity contribution in [1.29, 1.82) is 0 Å². The number of hydrogen-bond acceptors (Lipinski definition) is 2. The lowest BCUT2D eigenvalue weighted by Crippen LogP contribution is -2.13. The number of rotatable bonds is 2. The van der Waals surface area contributed by atoms with Gasteiger partial charge in [-0.2, -0.15) is 0 Å². The van der Waals surface area contributed by atoms with E-state index >= 15 is 0 Å². The molecule has 86 valence electrons. The van der Waals surface area contributed by atoms with Crippen molar-refractivity contribution < 1.29 is 9.18 Å². The molecule has 1 N–H and O–H groups in total. The van der Waals surface area contributed by atoms with E-state index in [4.69, 9.17) is 11.6 Å². The minimum absolute atomic E-state index is 0.132. The van der Waals surface area contributed by atoms with Crippen LogP contribution < -0.4 is 5.32 Å². The monoisotopic (exact) mass is 250 g/mol. The van der Waals surface area contributed by atoms with E-state index in [9.17, 15) is 9.18 Å². The Bertz CT molecular complexity index is 542. The van der Waals surface area contributed by atoms with E-state index in [-0.39, 0.29) is 5.69 Å². The lowest BCUT2D eigenvalue weighted by molar-refractivity contribution is 0.102. The lowest BCUT2D eigenvalue weighted by Gasteiger charge is -2.05. The molecule has 0 aliphatic heterocycles. The van der Waals surface area contributed by atoms with Crippen LogP contribution in [0.5, 0.6) is 0 Å². The van der Waals surface area contributed by atoms with E-state index in [0.717, 1.165) is 0 Å². The Morgan fingerprint density at radius 3 is 2.65 bits per heavy atom. The molecule has 0 saturated heterocycles. The van der Waals surface area contributed by atoms with Crippen LogP contribution in [0.25, 0.3) is 0 Å². The van der Waals surface area contributed by atoms with E-state index in [2.05, 4.69) is 10.3 Å². The van der Waals surface area contributed by atoms with Gasteiger partial charge in [0.2, 0.25) is 0 Å². The van der Waals surface area contributed by atoms with Gasteiger partial charge in [0.1, 0.15) is 11.0 Å². The van der Waals surface area contributed by atoms with E-state index in [1.54, 1.807) is 12.1 Å². The summed E-state index contributed by atoms with van der Waals surface area (Å²) in [7, 11) is 0. The predicted molar refractivity (Wildman–Crippen MR) is 63.6 cm³/mol. The maximum Gasteiger partial charge on any atom is 0.257 e. The number of benzene rings is 1. The molecule has 17 heavy (non-hydrogen) atoms. The number of nitrogens with zero attached hydrogens (tertiary/aromatic N) is 1. The molecule has 0 unspecified atom stereocenters. The molecule has 0 aliphatic carbocycles. The first-order valence-corrected chi connectivity index (χ1v) is 5.22. The molecular formula is C12H8ClFN2O. The highest BCUT2D eigenvalue weighted by molar-refractivity contribution is 6.29. The van der Waals surface area contributed by atoms with Crippen molar-refractivity contribution in [3.05, 3.63) is 59.1 Å². The first-order chi connectivity index (χ1) is 8.16. The highest BCUT2D eigenvalue weighted by atomic mass is 35.5. The van der Waals surface area contributed by atoms with Gasteiger partial charge in [0.25, 0.3) is 5.91 Å². The SMILES string of the molecule is O=C(Nc1ccccc1F)c1ccc(Cl)nc1. The van der Waals surface area contributed by atoms with Gasteiger partial charge in [-0.1, -0.05) is 23.7 Å². The van der Waals surface area contributed by atoms with E-state index in [1.165, 1.54) is 30.5 Å². The van der Waals surface area contributed by atoms with Crippen LogP contribution in [0.4, 0.5) is 10.1 Å². The van der Waals surface area contributed by atoms with Gasteiger partial charge in [-0.15, -0.1) is 0 Å². The molecule has 0 radical (unpaired) electrons. The number of para-hydroxylation sites is 1. The zero-order valence-electron chi connectivity index (χ0n) is 8.65. The van der Waals surface area contributed by atoms with Gasteiger partial charge in [-0.25, -0.2) is 9.37 Å². The Morgan fingerprint density at radius 2 is 2.00 bits per heavy atom. The summed E-state index contributed by atoms with van der Waals surface area (Å²) in [4.78, 5) is 15.5. The summed E-state index contributed by atoms with van der Waals surface area (Å²) < 4.78 is 13.3. The second kappa shape index (κ2) is 4.93. The Balaban J connectivity index is 2.17. The minimum atomic E-state index is -0.484. The highest BCUT2D eigenvalue weighted by Crippen LogP contribution is 2.14. The molecule has 3 nitrogen and oxygen atoms in total. The zero-order chi connectivity index (χ0) is 12.3. The number of pyridine rings is 1. The maximum absolute atomic E-state index is 13.3. The van der Waals surface area contributed by atoms with Crippen molar-refractivity contribution in [1.82, 2.24) is 4.98 Å². The summed E-state index contributed by atoms with van der Waals surface area (Å²) in [6.45, 7) is 0. The van der Waals surface area contributed by atoms with Crippen LogP contribution in [-0.4, -0.2) is 10.9 Å². The normalized spacial score (nSPS) is 10.0. The van der Waals surface area contributed by atoms with Gasteiger partial charge in [-0.3, -0.25) is 4.79 Å². The van der Waals surface area contributed by atoms with Gasteiger partial charge in [0.05, 0.1) is 11.3 Å². The molecule has 1 heterocycles. The van der Waals surface area contributed by atoms with Crippen LogP contribution in [0.1, 0.15) is 10.4 Å². The van der Waals surface area contributed by atoms with Crippen molar-refractivity contribution in [2.45, 2.75) is 0 Å². The van der Waals surface area contributed by atoms with Crippen LogP contribution in [-0.2, 0) is 0 Å². The Morgan fingerprint density at radius 1 is 1.24 bits per heavy atom. The molecule has 1 aromatic carbocycles. The lowest BCUT2D eigenvalue weighted by atomic mass is 10.2. The molecule has 2 rings (SSSR count). The van der Waals surface area contributed by atoms with Crippen LogP contribution in [0.15, 0.2) is 42.6 Å². The predicted octanol–water partition coefficient (Wildman–Crippen LogP) is 3.13. The second-order valence-corrected chi connectivity index (χ2v) is 3.69.